The van der Waals surface area contributed by atoms with Crippen LogP contribution in [0.2, 0.25) is 0 Å². The molecule has 2 aromatic rings. The van der Waals surface area contributed by atoms with Crippen molar-refractivity contribution < 1.29 is 13.9 Å². The molecule has 1 aromatic carbocycles. The molecule has 1 aliphatic rings. The zero-order chi connectivity index (χ0) is 16.9. The van der Waals surface area contributed by atoms with Crippen molar-refractivity contribution in [2.24, 2.45) is 0 Å². The highest BCUT2D eigenvalue weighted by molar-refractivity contribution is 5.81. The van der Waals surface area contributed by atoms with E-state index in [-0.39, 0.29) is 5.63 Å². The highest BCUT2D eigenvalue weighted by Crippen LogP contribution is 2.23. The fraction of sp³-hybridized carbons (Fsp3) is 0.500. The molecule has 0 bridgehead atoms. The summed E-state index contributed by atoms with van der Waals surface area (Å²) >= 11 is 0. The molecule has 24 heavy (non-hydrogen) atoms. The van der Waals surface area contributed by atoms with Crippen LogP contribution in [0.4, 0.5) is 0 Å². The third kappa shape index (κ3) is 3.95. The van der Waals surface area contributed by atoms with Gasteiger partial charge in [0.15, 0.2) is 0 Å². The van der Waals surface area contributed by atoms with Crippen LogP contribution in [0.3, 0.4) is 0 Å². The highest BCUT2D eigenvalue weighted by atomic mass is 16.5. The molecule has 1 saturated heterocycles. The zero-order valence-corrected chi connectivity index (χ0v) is 14.3. The second kappa shape index (κ2) is 7.79. The Morgan fingerprint density at radius 2 is 1.83 bits per heavy atom. The molecule has 6 nitrogen and oxygen atoms in total. The van der Waals surface area contributed by atoms with Crippen LogP contribution in [0.5, 0.6) is 5.75 Å². The lowest BCUT2D eigenvalue weighted by atomic mass is 10.1. The van der Waals surface area contributed by atoms with Crippen LogP contribution in [-0.2, 0) is 11.3 Å². The quantitative estimate of drug-likeness (QED) is 0.749. The summed E-state index contributed by atoms with van der Waals surface area (Å²) in [5.74, 6) is 0.689. The lowest BCUT2D eigenvalue weighted by molar-refractivity contribution is 0.0939. The van der Waals surface area contributed by atoms with Crippen LogP contribution >= 0.6 is 0 Å². The van der Waals surface area contributed by atoms with E-state index in [0.717, 1.165) is 56.8 Å². The summed E-state index contributed by atoms with van der Waals surface area (Å²) in [6, 6.07) is 7.23. The van der Waals surface area contributed by atoms with Crippen molar-refractivity contribution >= 4 is 11.0 Å². The number of benzene rings is 1. The fourth-order valence-corrected chi connectivity index (χ4v) is 3.10. The summed E-state index contributed by atoms with van der Waals surface area (Å²) in [6.45, 7) is 6.52. The van der Waals surface area contributed by atoms with Crippen molar-refractivity contribution in [3.8, 4) is 5.75 Å². The first-order valence-electron chi connectivity index (χ1n) is 8.24. The Hall–Kier alpha value is -1.89. The van der Waals surface area contributed by atoms with Gasteiger partial charge in [0.25, 0.3) is 0 Å². The lowest BCUT2D eigenvalue weighted by Gasteiger charge is -2.34. The van der Waals surface area contributed by atoms with Gasteiger partial charge in [0.2, 0.25) is 0 Å². The molecule has 0 atom stereocenters. The molecule has 0 N–H and O–H groups in total. The molecule has 0 saturated carbocycles. The minimum Gasteiger partial charge on any atom is -0.497 e. The molecule has 2 heterocycles. The van der Waals surface area contributed by atoms with Crippen molar-refractivity contribution in [2.75, 3.05) is 53.6 Å². The number of hydrogen-bond acceptors (Lipinski definition) is 6. The number of ether oxygens (including phenoxy) is 2. The van der Waals surface area contributed by atoms with Crippen LogP contribution in [-0.4, -0.2) is 63.4 Å². The van der Waals surface area contributed by atoms with Gasteiger partial charge in [-0.3, -0.25) is 9.80 Å². The minimum absolute atomic E-state index is 0.315. The van der Waals surface area contributed by atoms with Crippen molar-refractivity contribution in [3.63, 3.8) is 0 Å². The predicted molar refractivity (Wildman–Crippen MR) is 92.6 cm³/mol. The third-order valence-corrected chi connectivity index (χ3v) is 4.51. The van der Waals surface area contributed by atoms with E-state index >= 15 is 0 Å². The molecule has 3 rings (SSSR count). The summed E-state index contributed by atoms with van der Waals surface area (Å²) in [5, 5.41) is 0.970. The van der Waals surface area contributed by atoms with Gasteiger partial charge in [-0.05, 0) is 17.7 Å². The van der Waals surface area contributed by atoms with E-state index in [1.807, 2.05) is 12.1 Å². The number of piperazine rings is 1. The smallest absolute Gasteiger partial charge is 0.336 e. The molecule has 0 amide bonds. The minimum atomic E-state index is -0.315. The zero-order valence-electron chi connectivity index (χ0n) is 14.3. The maximum atomic E-state index is 11.9. The van der Waals surface area contributed by atoms with E-state index < -0.39 is 0 Å². The Bertz CT molecular complexity index is 735. The molecule has 1 fully saturated rings. The first-order chi connectivity index (χ1) is 11.7. The molecule has 1 aromatic heterocycles. The molecule has 6 heteroatoms. The second-order valence-corrected chi connectivity index (χ2v) is 6.06. The SMILES string of the molecule is COCCN1CCN(Cc2cc(=O)oc3cc(OC)ccc23)CC1. The van der Waals surface area contributed by atoms with Gasteiger partial charge in [0.1, 0.15) is 11.3 Å². The van der Waals surface area contributed by atoms with Gasteiger partial charge in [-0.15, -0.1) is 0 Å². The highest BCUT2D eigenvalue weighted by Gasteiger charge is 2.18. The average Bonchev–Trinajstić information content (AvgIpc) is 2.60. The number of methoxy groups -OCH3 is 2. The first-order valence-corrected chi connectivity index (χ1v) is 8.24. The second-order valence-electron chi connectivity index (χ2n) is 6.06. The van der Waals surface area contributed by atoms with Crippen LogP contribution in [0, 0.1) is 0 Å². The normalized spacial score (nSPS) is 16.6. The van der Waals surface area contributed by atoms with E-state index in [0.29, 0.717) is 11.3 Å². The van der Waals surface area contributed by atoms with Crippen molar-refractivity contribution in [2.45, 2.75) is 6.54 Å². The molecule has 0 aliphatic carbocycles. The maximum absolute atomic E-state index is 11.9. The van der Waals surface area contributed by atoms with Gasteiger partial charge in [-0.1, -0.05) is 0 Å². The summed E-state index contributed by atoms with van der Waals surface area (Å²) in [4.78, 5) is 16.6. The Labute approximate surface area is 141 Å². The Balaban J connectivity index is 1.72. The van der Waals surface area contributed by atoms with E-state index in [1.54, 1.807) is 26.4 Å². The third-order valence-electron chi connectivity index (χ3n) is 4.51. The van der Waals surface area contributed by atoms with Gasteiger partial charge in [-0.25, -0.2) is 4.79 Å². The summed E-state index contributed by atoms with van der Waals surface area (Å²) in [6.07, 6.45) is 0. The Kier molecular flexibility index (Phi) is 5.50. The van der Waals surface area contributed by atoms with E-state index in [2.05, 4.69) is 9.80 Å². The van der Waals surface area contributed by atoms with Crippen LogP contribution in [0.1, 0.15) is 5.56 Å². The number of hydrogen-bond donors (Lipinski definition) is 0. The average molecular weight is 332 g/mol. The van der Waals surface area contributed by atoms with Gasteiger partial charge in [-0.2, -0.15) is 0 Å². The predicted octanol–water partition coefficient (Wildman–Crippen LogP) is 1.57. The lowest BCUT2D eigenvalue weighted by Crippen LogP contribution is -2.46. The molecular formula is C18H24N2O4. The van der Waals surface area contributed by atoms with E-state index in [1.165, 1.54) is 0 Å². The molecule has 1 aliphatic heterocycles. The molecule has 0 unspecified atom stereocenters. The number of rotatable bonds is 6. The van der Waals surface area contributed by atoms with Crippen molar-refractivity contribution in [3.05, 3.63) is 40.2 Å². The van der Waals surface area contributed by atoms with Crippen LogP contribution in [0.25, 0.3) is 11.0 Å². The fourth-order valence-electron chi connectivity index (χ4n) is 3.10. The van der Waals surface area contributed by atoms with Crippen molar-refractivity contribution in [1.82, 2.24) is 9.80 Å². The standard InChI is InChI=1S/C18H24N2O4/c1-22-10-9-19-5-7-20(8-6-19)13-14-11-18(21)24-17-12-15(23-2)3-4-16(14)17/h3-4,11-12H,5-10,13H2,1-2H3. The first kappa shape index (κ1) is 17.0. The largest absolute Gasteiger partial charge is 0.497 e. The van der Waals surface area contributed by atoms with Gasteiger partial charge in [0, 0.05) is 63.9 Å². The van der Waals surface area contributed by atoms with Gasteiger partial charge >= 0.3 is 5.63 Å². The van der Waals surface area contributed by atoms with Crippen LogP contribution < -0.4 is 10.4 Å². The van der Waals surface area contributed by atoms with Crippen molar-refractivity contribution in [1.29, 1.82) is 0 Å². The Morgan fingerprint density at radius 3 is 2.54 bits per heavy atom. The summed E-state index contributed by atoms with van der Waals surface area (Å²) in [7, 11) is 3.34. The monoisotopic (exact) mass is 332 g/mol. The molecule has 0 spiro atoms. The maximum Gasteiger partial charge on any atom is 0.336 e. The van der Waals surface area contributed by atoms with Gasteiger partial charge in [0.05, 0.1) is 13.7 Å². The van der Waals surface area contributed by atoms with Crippen LogP contribution in [0.15, 0.2) is 33.5 Å². The van der Waals surface area contributed by atoms with Gasteiger partial charge < -0.3 is 13.9 Å². The molecule has 0 radical (unpaired) electrons. The van der Waals surface area contributed by atoms with E-state index in [4.69, 9.17) is 13.9 Å². The summed E-state index contributed by atoms with van der Waals surface area (Å²) < 4.78 is 15.7. The number of fused-ring (bicyclic) bond motifs is 1. The topological polar surface area (TPSA) is 55.2 Å². The number of nitrogens with zero attached hydrogens (tertiary/aromatic N) is 2. The summed E-state index contributed by atoms with van der Waals surface area (Å²) in [5.41, 5.74) is 1.27. The molecule has 130 valence electrons. The van der Waals surface area contributed by atoms with E-state index in [9.17, 15) is 4.79 Å². The molecular weight excluding hydrogens is 308 g/mol. The Morgan fingerprint density at radius 1 is 1.08 bits per heavy atom.